The van der Waals surface area contributed by atoms with Gasteiger partial charge in [-0.3, -0.25) is 0 Å². The predicted octanol–water partition coefficient (Wildman–Crippen LogP) is 2.88. The van der Waals surface area contributed by atoms with E-state index < -0.39 is 26.7 Å². The summed E-state index contributed by atoms with van der Waals surface area (Å²) in [7, 11) is -3.84. The van der Waals surface area contributed by atoms with E-state index in [2.05, 4.69) is 4.98 Å². The molecule has 0 saturated heterocycles. The molecule has 1 aliphatic heterocycles. The molecule has 5 nitrogen and oxygen atoms in total. The molecule has 0 bridgehead atoms. The minimum absolute atomic E-state index is 0.0246. The summed E-state index contributed by atoms with van der Waals surface area (Å²) in [5, 5.41) is 10.2. The van der Waals surface area contributed by atoms with Crippen LogP contribution >= 0.6 is 0 Å². The molecular formula is C18H18N2O3S. The first kappa shape index (κ1) is 15.4. The maximum absolute atomic E-state index is 13.3. The highest BCUT2D eigenvalue weighted by atomic mass is 32.2. The van der Waals surface area contributed by atoms with Crippen LogP contribution in [0.4, 0.5) is 0 Å². The molecule has 0 fully saturated rings. The van der Waals surface area contributed by atoms with Crippen LogP contribution in [-0.2, 0) is 9.84 Å². The van der Waals surface area contributed by atoms with Gasteiger partial charge in [-0.25, -0.2) is 13.4 Å². The van der Waals surface area contributed by atoms with Crippen molar-refractivity contribution < 1.29 is 13.5 Å². The number of benzene rings is 2. The lowest BCUT2D eigenvalue weighted by molar-refractivity contribution is -0.000609. The first-order valence-corrected chi connectivity index (χ1v) is 9.38. The molecule has 24 heavy (non-hydrogen) atoms. The van der Waals surface area contributed by atoms with Crippen molar-refractivity contribution in [3.63, 3.8) is 0 Å². The molecule has 1 N–H and O–H groups in total. The molecular weight excluding hydrogens is 324 g/mol. The summed E-state index contributed by atoms with van der Waals surface area (Å²) in [6.07, 6.45) is 0. The number of aromatic nitrogens is 2. The Morgan fingerprint density at radius 1 is 1.08 bits per heavy atom. The number of fused-ring (bicyclic) bond motifs is 3. The molecule has 0 aliphatic carbocycles. The average molecular weight is 342 g/mol. The normalized spacial score (nSPS) is 28.6. The number of rotatable bonds is 1. The maximum atomic E-state index is 13.3. The van der Waals surface area contributed by atoms with Gasteiger partial charge in [0.05, 0.1) is 17.1 Å². The van der Waals surface area contributed by atoms with Crippen LogP contribution < -0.4 is 0 Å². The van der Waals surface area contributed by atoms with Crippen molar-refractivity contribution in [2.24, 2.45) is 0 Å². The van der Waals surface area contributed by atoms with Crippen LogP contribution in [0.5, 0.6) is 0 Å². The van der Waals surface area contributed by atoms with E-state index in [0.717, 1.165) is 5.52 Å². The smallest absolute Gasteiger partial charge is 0.229 e. The third-order valence-corrected chi connectivity index (χ3v) is 7.16. The highest BCUT2D eigenvalue weighted by Gasteiger charge is 2.54. The van der Waals surface area contributed by atoms with Crippen molar-refractivity contribution in [1.82, 2.24) is 9.55 Å². The number of hydrogen-bond donors (Lipinski definition) is 1. The quantitative estimate of drug-likeness (QED) is 0.738. The summed E-state index contributed by atoms with van der Waals surface area (Å²) in [5.41, 5.74) is 0.451. The van der Waals surface area contributed by atoms with E-state index in [1.165, 1.54) is 0 Å². The molecule has 6 heteroatoms. The van der Waals surface area contributed by atoms with Gasteiger partial charge in [0.25, 0.3) is 0 Å². The molecule has 2 aromatic carbocycles. The van der Waals surface area contributed by atoms with Gasteiger partial charge in [-0.1, -0.05) is 42.5 Å². The third-order valence-electron chi connectivity index (χ3n) is 4.99. The second kappa shape index (κ2) is 4.91. The van der Waals surface area contributed by atoms with Gasteiger partial charge < -0.3 is 9.67 Å². The van der Waals surface area contributed by atoms with Gasteiger partial charge in [-0.15, -0.1) is 0 Å². The highest BCUT2D eigenvalue weighted by Crippen LogP contribution is 2.48. The minimum Gasteiger partial charge on any atom is -0.386 e. The Balaban J connectivity index is 2.07. The molecule has 0 radical (unpaired) electrons. The number of hydrogen-bond acceptors (Lipinski definition) is 4. The van der Waals surface area contributed by atoms with Crippen molar-refractivity contribution in [2.75, 3.05) is 0 Å². The van der Waals surface area contributed by atoms with E-state index in [1.807, 2.05) is 31.2 Å². The zero-order valence-electron chi connectivity index (χ0n) is 13.4. The van der Waals surface area contributed by atoms with Gasteiger partial charge in [-0.05, 0) is 31.5 Å². The van der Waals surface area contributed by atoms with Crippen molar-refractivity contribution in [2.45, 2.75) is 35.9 Å². The van der Waals surface area contributed by atoms with Gasteiger partial charge in [0.1, 0.15) is 10.9 Å². The van der Waals surface area contributed by atoms with E-state index in [-0.39, 0.29) is 5.16 Å². The van der Waals surface area contributed by atoms with E-state index in [9.17, 15) is 13.5 Å². The van der Waals surface area contributed by atoms with Crippen LogP contribution in [0.1, 0.15) is 30.7 Å². The zero-order chi connectivity index (χ0) is 17.1. The molecule has 2 heterocycles. The molecule has 3 atom stereocenters. The summed E-state index contributed by atoms with van der Waals surface area (Å²) < 4.78 is 28.2. The Bertz CT molecular complexity index is 1020. The Hall–Kier alpha value is -2.18. The van der Waals surface area contributed by atoms with Crippen molar-refractivity contribution in [3.8, 4) is 0 Å². The zero-order valence-corrected chi connectivity index (χ0v) is 14.2. The summed E-state index contributed by atoms with van der Waals surface area (Å²) in [4.78, 5) is 4.36. The molecule has 1 aliphatic rings. The molecule has 0 unspecified atom stereocenters. The molecule has 124 valence electrons. The average Bonchev–Trinajstić information content (AvgIpc) is 2.94. The van der Waals surface area contributed by atoms with Gasteiger partial charge in [0.2, 0.25) is 15.0 Å². The third kappa shape index (κ3) is 1.90. The van der Waals surface area contributed by atoms with Crippen molar-refractivity contribution in [1.29, 1.82) is 0 Å². The summed E-state index contributed by atoms with van der Waals surface area (Å²) >= 11 is 0. The van der Waals surface area contributed by atoms with Crippen LogP contribution in [-0.4, -0.2) is 28.7 Å². The predicted molar refractivity (Wildman–Crippen MR) is 91.4 cm³/mol. The standard InChI is InChI=1S/C18H18N2O3S/c1-12-18(2,21)16(13-8-4-3-5-9-13)24(22,23)17-19-14-10-6-7-11-15(14)20(12)17/h3-12,16,21H,1-2H3/t12-,16-,18+/m0/s1. The molecule has 0 spiro atoms. The number of para-hydroxylation sites is 2. The van der Waals surface area contributed by atoms with E-state index >= 15 is 0 Å². The van der Waals surface area contributed by atoms with Crippen LogP contribution in [0.2, 0.25) is 0 Å². The minimum atomic E-state index is -3.84. The fourth-order valence-corrected chi connectivity index (χ4v) is 5.95. The molecule has 3 aromatic rings. The van der Waals surface area contributed by atoms with E-state index in [0.29, 0.717) is 11.1 Å². The summed E-state index contributed by atoms with van der Waals surface area (Å²) in [6, 6.07) is 15.7. The highest BCUT2D eigenvalue weighted by molar-refractivity contribution is 7.91. The van der Waals surface area contributed by atoms with Crippen molar-refractivity contribution in [3.05, 3.63) is 60.2 Å². The Morgan fingerprint density at radius 2 is 1.71 bits per heavy atom. The Morgan fingerprint density at radius 3 is 2.42 bits per heavy atom. The molecule has 0 amide bonds. The second-order valence-corrected chi connectivity index (χ2v) is 8.42. The van der Waals surface area contributed by atoms with Gasteiger partial charge in [0, 0.05) is 0 Å². The maximum Gasteiger partial charge on any atom is 0.229 e. The SMILES string of the molecule is C[C@@H]1n2c(nc3ccccc32)S(=O)(=O)[C@@H](c2ccccc2)[C@]1(C)O. The summed E-state index contributed by atoms with van der Waals surface area (Å²) in [6.45, 7) is 3.42. The number of aliphatic hydroxyl groups is 1. The Labute approximate surface area is 140 Å². The number of imidazole rings is 1. The topological polar surface area (TPSA) is 72.2 Å². The monoisotopic (exact) mass is 342 g/mol. The lowest BCUT2D eigenvalue weighted by Crippen LogP contribution is -2.49. The van der Waals surface area contributed by atoms with Gasteiger partial charge >= 0.3 is 0 Å². The van der Waals surface area contributed by atoms with Gasteiger partial charge in [0.15, 0.2) is 0 Å². The first-order chi connectivity index (χ1) is 11.3. The van der Waals surface area contributed by atoms with Crippen LogP contribution in [0.3, 0.4) is 0 Å². The molecule has 1 aromatic heterocycles. The lowest BCUT2D eigenvalue weighted by atomic mass is 9.88. The van der Waals surface area contributed by atoms with Crippen LogP contribution in [0, 0.1) is 0 Å². The lowest BCUT2D eigenvalue weighted by Gasteiger charge is -2.42. The Kier molecular flexibility index (Phi) is 3.14. The second-order valence-electron chi connectivity index (χ2n) is 6.49. The largest absolute Gasteiger partial charge is 0.386 e. The van der Waals surface area contributed by atoms with E-state index in [1.54, 1.807) is 41.8 Å². The number of nitrogens with zero attached hydrogens (tertiary/aromatic N) is 2. The number of sulfone groups is 1. The fourth-order valence-electron chi connectivity index (χ4n) is 3.64. The van der Waals surface area contributed by atoms with Gasteiger partial charge in [-0.2, -0.15) is 0 Å². The summed E-state index contributed by atoms with van der Waals surface area (Å²) in [5.74, 6) is 0. The van der Waals surface area contributed by atoms with E-state index in [4.69, 9.17) is 0 Å². The van der Waals surface area contributed by atoms with Crippen LogP contribution in [0.15, 0.2) is 59.8 Å². The van der Waals surface area contributed by atoms with Crippen LogP contribution in [0.25, 0.3) is 11.0 Å². The van der Waals surface area contributed by atoms with Crippen molar-refractivity contribution >= 4 is 20.9 Å². The molecule has 0 saturated carbocycles. The fraction of sp³-hybridized carbons (Fsp3) is 0.278. The first-order valence-electron chi connectivity index (χ1n) is 7.83. The molecule has 4 rings (SSSR count).